The number of halogens is 1. The van der Waals surface area contributed by atoms with E-state index in [1.165, 1.54) is 23.5 Å². The molecule has 190 valence electrons. The molecular weight excluding hydrogens is 473 g/mol. The van der Waals surface area contributed by atoms with Crippen molar-refractivity contribution in [1.29, 1.82) is 0 Å². The first kappa shape index (κ1) is 26.8. The lowest BCUT2D eigenvalue weighted by Crippen LogP contribution is -2.45. The minimum absolute atomic E-state index is 0.0291. The molecule has 0 radical (unpaired) electrons. The number of nitrogens with two attached hydrogens (primary N) is 1. The molecule has 1 saturated carbocycles. The number of benzene rings is 1. The van der Waals surface area contributed by atoms with Gasteiger partial charge in [-0.3, -0.25) is 9.59 Å². The van der Waals surface area contributed by atoms with Gasteiger partial charge in [-0.15, -0.1) is 11.3 Å². The minimum Gasteiger partial charge on any atom is -0.481 e. The monoisotopic (exact) mass is 505 g/mol. The molecule has 0 aliphatic heterocycles. The van der Waals surface area contributed by atoms with E-state index in [2.05, 4.69) is 10.6 Å². The number of ether oxygens (including phenoxy) is 1. The van der Waals surface area contributed by atoms with Gasteiger partial charge in [-0.2, -0.15) is 0 Å². The Bertz CT molecular complexity index is 1060. The molecule has 0 saturated heterocycles. The first-order chi connectivity index (χ1) is 16.6. The van der Waals surface area contributed by atoms with Gasteiger partial charge in [0, 0.05) is 29.5 Å². The van der Waals surface area contributed by atoms with Crippen LogP contribution in [0.25, 0.3) is 0 Å². The quantitative estimate of drug-likeness (QED) is 0.221. The molecule has 8 nitrogen and oxygen atoms in total. The van der Waals surface area contributed by atoms with E-state index in [4.69, 9.17) is 15.6 Å². The van der Waals surface area contributed by atoms with Crippen LogP contribution in [0.3, 0.4) is 0 Å². The molecule has 0 spiro atoms. The van der Waals surface area contributed by atoms with Gasteiger partial charge in [-0.25, -0.2) is 9.18 Å². The number of esters is 1. The lowest BCUT2D eigenvalue weighted by molar-refractivity contribution is -0.142. The summed E-state index contributed by atoms with van der Waals surface area (Å²) in [7, 11) is 0. The molecule has 0 atom stereocenters. The van der Waals surface area contributed by atoms with Crippen molar-refractivity contribution in [3.63, 3.8) is 0 Å². The molecule has 1 aromatic heterocycles. The first-order valence-electron chi connectivity index (χ1n) is 11.6. The Kier molecular flexibility index (Phi) is 8.98. The molecule has 5 N–H and O–H groups in total. The fourth-order valence-electron chi connectivity index (χ4n) is 4.07. The van der Waals surface area contributed by atoms with Gasteiger partial charge in [0.05, 0.1) is 5.92 Å². The van der Waals surface area contributed by atoms with Crippen LogP contribution in [-0.2, 0) is 22.6 Å². The maximum atomic E-state index is 14.3. The van der Waals surface area contributed by atoms with Crippen LogP contribution in [0.4, 0.5) is 4.39 Å². The summed E-state index contributed by atoms with van der Waals surface area (Å²) in [6.07, 6.45) is 2.83. The SMILES string of the molecule is CC(C)(Cc1ccc(C(=O)Oc2ccc(CNCN)cc2F)s1)C(=O)N[C@H]1CC[C@H](C(=O)O)CC1. The van der Waals surface area contributed by atoms with Crippen LogP contribution >= 0.6 is 11.3 Å². The number of carboxylic acids is 1. The van der Waals surface area contributed by atoms with E-state index < -0.39 is 23.2 Å². The Hall–Kier alpha value is -2.82. The average Bonchev–Trinajstić information content (AvgIpc) is 3.27. The standard InChI is InChI=1S/C25H32FN3O5S/c1-25(2,24(33)29-17-6-4-16(5-7-17)22(30)31)12-18-8-10-21(35-18)23(32)34-20-9-3-15(11-19(20)26)13-28-14-27/h3,8-11,16-17,28H,4-7,12-14,27H2,1-2H3,(H,29,33)(H,30,31)/t16-,17-. The molecule has 1 aliphatic carbocycles. The number of rotatable bonds is 10. The predicted octanol–water partition coefficient (Wildman–Crippen LogP) is 3.44. The summed E-state index contributed by atoms with van der Waals surface area (Å²) in [5.41, 5.74) is 5.33. The second-order valence-electron chi connectivity index (χ2n) is 9.47. The van der Waals surface area contributed by atoms with Gasteiger partial charge in [-0.1, -0.05) is 19.9 Å². The lowest BCUT2D eigenvalue weighted by atomic mass is 9.84. The Morgan fingerprint density at radius 2 is 1.89 bits per heavy atom. The Morgan fingerprint density at radius 1 is 1.17 bits per heavy atom. The number of aliphatic carboxylic acids is 1. The predicted molar refractivity (Wildman–Crippen MR) is 131 cm³/mol. The van der Waals surface area contributed by atoms with Crippen molar-refractivity contribution in [1.82, 2.24) is 10.6 Å². The maximum Gasteiger partial charge on any atom is 0.353 e. The fraction of sp³-hybridized carbons (Fsp3) is 0.480. The van der Waals surface area contributed by atoms with Gasteiger partial charge in [0.2, 0.25) is 5.91 Å². The second-order valence-corrected chi connectivity index (χ2v) is 10.6. The summed E-state index contributed by atoms with van der Waals surface area (Å²) in [4.78, 5) is 37.7. The van der Waals surface area contributed by atoms with E-state index in [9.17, 15) is 18.8 Å². The van der Waals surface area contributed by atoms with Crippen LogP contribution < -0.4 is 21.1 Å². The van der Waals surface area contributed by atoms with Crippen molar-refractivity contribution < 1.29 is 28.6 Å². The number of hydrogen-bond acceptors (Lipinski definition) is 7. The molecule has 0 unspecified atom stereocenters. The molecule has 2 aromatic rings. The van der Waals surface area contributed by atoms with Gasteiger partial charge >= 0.3 is 11.9 Å². The number of amides is 1. The molecule has 1 aliphatic rings. The first-order valence-corrected chi connectivity index (χ1v) is 12.4. The summed E-state index contributed by atoms with van der Waals surface area (Å²) in [5, 5.41) is 15.1. The highest BCUT2D eigenvalue weighted by Gasteiger charge is 2.33. The summed E-state index contributed by atoms with van der Waals surface area (Å²) >= 11 is 1.21. The van der Waals surface area contributed by atoms with E-state index in [0.29, 0.717) is 49.1 Å². The summed E-state index contributed by atoms with van der Waals surface area (Å²) in [5.74, 6) is -2.67. The van der Waals surface area contributed by atoms with Crippen LogP contribution in [0.1, 0.15) is 59.6 Å². The van der Waals surface area contributed by atoms with Gasteiger partial charge in [0.25, 0.3) is 0 Å². The largest absolute Gasteiger partial charge is 0.481 e. The highest BCUT2D eigenvalue weighted by molar-refractivity contribution is 7.14. The van der Waals surface area contributed by atoms with Crippen molar-refractivity contribution in [3.8, 4) is 5.75 Å². The number of carbonyl (C=O) groups excluding carboxylic acids is 2. The van der Waals surface area contributed by atoms with Crippen molar-refractivity contribution in [3.05, 3.63) is 51.5 Å². The molecule has 0 bridgehead atoms. The fourth-order valence-corrected chi connectivity index (χ4v) is 5.18. The van der Waals surface area contributed by atoms with Crippen LogP contribution in [0.15, 0.2) is 30.3 Å². The zero-order chi connectivity index (χ0) is 25.6. The molecule has 3 rings (SSSR count). The topological polar surface area (TPSA) is 131 Å². The van der Waals surface area contributed by atoms with Crippen molar-refractivity contribution in [2.75, 3.05) is 6.67 Å². The zero-order valence-corrected chi connectivity index (χ0v) is 20.8. The van der Waals surface area contributed by atoms with Crippen molar-refractivity contribution >= 4 is 29.2 Å². The van der Waals surface area contributed by atoms with E-state index in [1.807, 2.05) is 13.8 Å². The Labute approximate surface area is 208 Å². The Morgan fingerprint density at radius 3 is 2.51 bits per heavy atom. The molecular formula is C25H32FN3O5S. The zero-order valence-electron chi connectivity index (χ0n) is 19.9. The molecule has 1 amide bonds. The summed E-state index contributed by atoms with van der Waals surface area (Å²) < 4.78 is 19.6. The number of hydrogen-bond donors (Lipinski definition) is 4. The second kappa shape index (κ2) is 11.7. The molecule has 10 heteroatoms. The van der Waals surface area contributed by atoms with Crippen LogP contribution in [-0.4, -0.2) is 35.7 Å². The number of thiophene rings is 1. The van der Waals surface area contributed by atoms with Gasteiger partial charge in [0.1, 0.15) is 4.88 Å². The normalized spacial score (nSPS) is 18.2. The van der Waals surface area contributed by atoms with E-state index in [0.717, 1.165) is 4.88 Å². The van der Waals surface area contributed by atoms with Crippen molar-refractivity contribution in [2.45, 2.75) is 58.5 Å². The Balaban J connectivity index is 1.55. The summed E-state index contributed by atoms with van der Waals surface area (Å²) in [6, 6.07) is 7.71. The third-order valence-electron chi connectivity index (χ3n) is 6.18. The van der Waals surface area contributed by atoms with Crippen molar-refractivity contribution in [2.24, 2.45) is 17.1 Å². The molecule has 1 heterocycles. The number of nitrogens with one attached hydrogen (secondary N) is 2. The third kappa shape index (κ3) is 7.33. The van der Waals surface area contributed by atoms with E-state index in [-0.39, 0.29) is 30.3 Å². The highest BCUT2D eigenvalue weighted by atomic mass is 32.1. The van der Waals surface area contributed by atoms with Gasteiger partial charge in [0.15, 0.2) is 11.6 Å². The van der Waals surface area contributed by atoms with Crippen LogP contribution in [0.2, 0.25) is 0 Å². The smallest absolute Gasteiger partial charge is 0.353 e. The highest BCUT2D eigenvalue weighted by Crippen LogP contribution is 2.30. The molecule has 1 aromatic carbocycles. The molecule has 35 heavy (non-hydrogen) atoms. The summed E-state index contributed by atoms with van der Waals surface area (Å²) in [6.45, 7) is 4.34. The maximum absolute atomic E-state index is 14.3. The van der Waals surface area contributed by atoms with E-state index >= 15 is 0 Å². The molecule has 1 fully saturated rings. The number of carboxylic acid groups (broad SMARTS) is 1. The average molecular weight is 506 g/mol. The van der Waals surface area contributed by atoms with Crippen LogP contribution in [0, 0.1) is 17.2 Å². The third-order valence-corrected chi connectivity index (χ3v) is 7.24. The van der Waals surface area contributed by atoms with Gasteiger partial charge in [-0.05, 0) is 61.9 Å². The van der Waals surface area contributed by atoms with E-state index in [1.54, 1.807) is 18.2 Å². The van der Waals surface area contributed by atoms with Crippen LogP contribution in [0.5, 0.6) is 5.75 Å². The minimum atomic E-state index is -0.776. The lowest BCUT2D eigenvalue weighted by Gasteiger charge is -2.31. The number of carbonyl (C=O) groups is 3. The van der Waals surface area contributed by atoms with Gasteiger partial charge < -0.3 is 26.2 Å².